The van der Waals surface area contributed by atoms with Gasteiger partial charge in [0.2, 0.25) is 0 Å². The summed E-state index contributed by atoms with van der Waals surface area (Å²) < 4.78 is 24.1. The summed E-state index contributed by atoms with van der Waals surface area (Å²) in [6, 6.07) is 2.87. The van der Waals surface area contributed by atoms with E-state index in [1.54, 1.807) is 16.7 Å². The lowest BCUT2D eigenvalue weighted by atomic mass is 9.92. The first kappa shape index (κ1) is 14.5. The van der Waals surface area contributed by atoms with Gasteiger partial charge >= 0.3 is 0 Å². The summed E-state index contributed by atoms with van der Waals surface area (Å²) in [7, 11) is 0. The molecular weight excluding hydrogens is 321 g/mol. The molecule has 120 valence electrons. The molecule has 23 heavy (non-hydrogen) atoms. The molecule has 1 amide bonds. The molecule has 2 aliphatic heterocycles. The van der Waals surface area contributed by atoms with Crippen molar-refractivity contribution in [2.24, 2.45) is 0 Å². The number of rotatable bonds is 3. The molecule has 0 unspecified atom stereocenters. The molecule has 8 heteroatoms. The van der Waals surface area contributed by atoms with Crippen molar-refractivity contribution < 1.29 is 18.3 Å². The summed E-state index contributed by atoms with van der Waals surface area (Å²) in [5, 5.41) is 0. The van der Waals surface area contributed by atoms with Gasteiger partial charge in [-0.3, -0.25) is 4.79 Å². The number of ether oxygens (including phenoxy) is 1. The summed E-state index contributed by atoms with van der Waals surface area (Å²) in [4.78, 5) is 21.7. The fourth-order valence-corrected chi connectivity index (χ4v) is 4.51. The number of pyridine rings is 1. The Kier molecular flexibility index (Phi) is 3.48. The molecule has 0 aromatic carbocycles. The van der Waals surface area contributed by atoms with Gasteiger partial charge in [-0.05, 0) is 12.1 Å². The second-order valence-electron chi connectivity index (χ2n) is 5.76. The standard InChI is InChI=1S/C15H14FN3O3S/c16-11-2-1-3-17-13(11)22-10-4-15(23-6-10)7-19(8-15)14(20)12-5-21-9-18-12/h1-3,5,9-10H,4,6-8H2/t10-/m0/s1. The van der Waals surface area contributed by atoms with Gasteiger partial charge in [0.15, 0.2) is 17.9 Å². The van der Waals surface area contributed by atoms with Crippen LogP contribution >= 0.6 is 11.8 Å². The quantitative estimate of drug-likeness (QED) is 0.854. The number of likely N-dealkylation sites (tertiary alicyclic amines) is 1. The van der Waals surface area contributed by atoms with E-state index in [-0.39, 0.29) is 22.6 Å². The monoisotopic (exact) mass is 335 g/mol. The van der Waals surface area contributed by atoms with Crippen LogP contribution in [0.15, 0.2) is 35.4 Å². The van der Waals surface area contributed by atoms with Crippen molar-refractivity contribution in [1.82, 2.24) is 14.9 Å². The van der Waals surface area contributed by atoms with E-state index in [1.165, 1.54) is 31.0 Å². The second-order valence-corrected chi connectivity index (χ2v) is 7.25. The van der Waals surface area contributed by atoms with Crippen LogP contribution in [0, 0.1) is 5.82 Å². The van der Waals surface area contributed by atoms with Gasteiger partial charge in [-0.2, -0.15) is 0 Å². The number of nitrogens with zero attached hydrogens (tertiary/aromatic N) is 3. The number of carbonyl (C=O) groups excluding carboxylic acids is 1. The fraction of sp³-hybridized carbons (Fsp3) is 0.400. The molecule has 2 aliphatic rings. The van der Waals surface area contributed by atoms with Crippen LogP contribution in [0.1, 0.15) is 16.9 Å². The van der Waals surface area contributed by atoms with Gasteiger partial charge in [0.05, 0.1) is 4.75 Å². The van der Waals surface area contributed by atoms with Crippen LogP contribution in [0.3, 0.4) is 0 Å². The Morgan fingerprint density at radius 3 is 3.09 bits per heavy atom. The molecule has 1 atom stereocenters. The zero-order valence-electron chi connectivity index (χ0n) is 12.1. The van der Waals surface area contributed by atoms with Gasteiger partial charge in [-0.15, -0.1) is 11.8 Å². The van der Waals surface area contributed by atoms with Crippen molar-refractivity contribution in [2.75, 3.05) is 18.8 Å². The highest BCUT2D eigenvalue weighted by atomic mass is 32.2. The smallest absolute Gasteiger partial charge is 0.275 e. The summed E-state index contributed by atoms with van der Waals surface area (Å²) in [6.45, 7) is 1.29. The first-order chi connectivity index (χ1) is 11.2. The highest BCUT2D eigenvalue weighted by Crippen LogP contribution is 2.46. The number of hydrogen-bond acceptors (Lipinski definition) is 6. The maximum Gasteiger partial charge on any atom is 0.275 e. The topological polar surface area (TPSA) is 68.5 Å². The summed E-state index contributed by atoms with van der Waals surface area (Å²) in [6.07, 6.45) is 4.80. The predicted octanol–water partition coefficient (Wildman–Crippen LogP) is 1.99. The minimum absolute atomic E-state index is 0.00464. The van der Waals surface area contributed by atoms with Gasteiger partial charge in [0, 0.05) is 31.5 Å². The van der Waals surface area contributed by atoms with E-state index in [4.69, 9.17) is 9.15 Å². The molecule has 4 heterocycles. The molecule has 1 spiro atoms. The van der Waals surface area contributed by atoms with E-state index >= 15 is 0 Å². The lowest BCUT2D eigenvalue weighted by Gasteiger charge is -2.47. The third kappa shape index (κ3) is 2.67. The van der Waals surface area contributed by atoms with Gasteiger partial charge < -0.3 is 14.1 Å². The van der Waals surface area contributed by atoms with Crippen molar-refractivity contribution in [3.63, 3.8) is 0 Å². The van der Waals surface area contributed by atoms with E-state index in [2.05, 4.69) is 9.97 Å². The fourth-order valence-electron chi connectivity index (χ4n) is 2.99. The minimum Gasteiger partial charge on any atom is -0.471 e. The molecule has 2 saturated heterocycles. The van der Waals surface area contributed by atoms with Gasteiger partial charge in [-0.25, -0.2) is 14.4 Å². The maximum absolute atomic E-state index is 13.6. The van der Waals surface area contributed by atoms with Gasteiger partial charge in [-0.1, -0.05) is 0 Å². The van der Waals surface area contributed by atoms with E-state index in [0.717, 1.165) is 12.2 Å². The zero-order chi connectivity index (χ0) is 15.9. The van der Waals surface area contributed by atoms with Crippen LogP contribution < -0.4 is 4.74 Å². The third-order valence-electron chi connectivity index (χ3n) is 4.07. The number of hydrogen-bond donors (Lipinski definition) is 0. The lowest BCUT2D eigenvalue weighted by Crippen LogP contribution is -2.60. The van der Waals surface area contributed by atoms with Crippen molar-refractivity contribution in [3.8, 4) is 5.88 Å². The summed E-state index contributed by atoms with van der Waals surface area (Å²) >= 11 is 1.77. The highest BCUT2D eigenvalue weighted by Gasteiger charge is 2.51. The molecule has 0 saturated carbocycles. The molecule has 0 N–H and O–H groups in total. The largest absolute Gasteiger partial charge is 0.471 e. The lowest BCUT2D eigenvalue weighted by molar-refractivity contribution is 0.0508. The van der Waals surface area contributed by atoms with Gasteiger partial charge in [0.1, 0.15) is 12.4 Å². The highest BCUT2D eigenvalue weighted by molar-refractivity contribution is 8.01. The molecule has 4 rings (SSSR count). The Morgan fingerprint density at radius 1 is 1.48 bits per heavy atom. The Bertz CT molecular complexity index is 719. The minimum atomic E-state index is -0.449. The Balaban J connectivity index is 1.35. The normalized spacial score (nSPS) is 22.1. The van der Waals surface area contributed by atoms with Crippen LogP contribution in [0.2, 0.25) is 0 Å². The number of amides is 1. The van der Waals surface area contributed by atoms with Crippen molar-refractivity contribution in [1.29, 1.82) is 0 Å². The first-order valence-corrected chi connectivity index (χ1v) is 8.22. The first-order valence-electron chi connectivity index (χ1n) is 7.24. The van der Waals surface area contributed by atoms with E-state index in [0.29, 0.717) is 18.8 Å². The van der Waals surface area contributed by atoms with Crippen LogP contribution in [0.5, 0.6) is 5.88 Å². The van der Waals surface area contributed by atoms with Crippen LogP contribution in [0.4, 0.5) is 4.39 Å². The van der Waals surface area contributed by atoms with Gasteiger partial charge in [0.25, 0.3) is 11.8 Å². The second kappa shape index (κ2) is 5.52. The number of oxazole rings is 1. The molecule has 0 radical (unpaired) electrons. The van der Waals surface area contributed by atoms with Crippen molar-refractivity contribution in [3.05, 3.63) is 42.5 Å². The van der Waals surface area contributed by atoms with Crippen molar-refractivity contribution in [2.45, 2.75) is 17.3 Å². The average Bonchev–Trinajstić information content (AvgIpc) is 3.17. The predicted molar refractivity (Wildman–Crippen MR) is 80.8 cm³/mol. The van der Waals surface area contributed by atoms with Crippen molar-refractivity contribution >= 4 is 17.7 Å². The van der Waals surface area contributed by atoms with E-state index < -0.39 is 5.82 Å². The van der Waals surface area contributed by atoms with Crippen LogP contribution in [0.25, 0.3) is 0 Å². The van der Waals surface area contributed by atoms with Crippen LogP contribution in [-0.4, -0.2) is 50.5 Å². The molecular formula is C15H14FN3O3S. The van der Waals surface area contributed by atoms with E-state index in [9.17, 15) is 9.18 Å². The Hall–Kier alpha value is -2.09. The number of aromatic nitrogens is 2. The zero-order valence-corrected chi connectivity index (χ0v) is 13.0. The molecule has 6 nitrogen and oxygen atoms in total. The summed E-state index contributed by atoms with van der Waals surface area (Å²) in [5.74, 6) is 0.243. The maximum atomic E-state index is 13.6. The SMILES string of the molecule is O=C(c1cocn1)N1CC2(C[C@H](Oc3ncccc3F)CS2)C1. The van der Waals surface area contributed by atoms with E-state index in [1.807, 2.05) is 0 Å². The molecule has 2 aromatic heterocycles. The van der Waals surface area contributed by atoms with Crippen LogP contribution in [-0.2, 0) is 0 Å². The Labute approximate surface area is 136 Å². The molecule has 2 fully saturated rings. The molecule has 2 aromatic rings. The molecule has 0 aliphatic carbocycles. The number of carbonyl (C=O) groups is 1. The number of thioether (sulfide) groups is 1. The summed E-state index contributed by atoms with van der Waals surface area (Å²) in [5.41, 5.74) is 0.325. The third-order valence-corrected chi connectivity index (χ3v) is 5.65. The average molecular weight is 335 g/mol. The Morgan fingerprint density at radius 2 is 2.35 bits per heavy atom. The molecule has 0 bridgehead atoms. The number of halogens is 1.